The maximum absolute atomic E-state index is 11.1. The van der Waals surface area contributed by atoms with E-state index < -0.39 is 0 Å². The number of hydrogen-bond donors (Lipinski definition) is 1. The van der Waals surface area contributed by atoms with Crippen LogP contribution in [0.3, 0.4) is 0 Å². The highest BCUT2D eigenvalue weighted by molar-refractivity contribution is 9.10. The van der Waals surface area contributed by atoms with Crippen molar-refractivity contribution in [1.82, 2.24) is 4.98 Å². The molecule has 11 heavy (non-hydrogen) atoms. The maximum Gasteiger partial charge on any atom is 0.161 e. The van der Waals surface area contributed by atoms with E-state index in [1.165, 1.54) is 0 Å². The summed E-state index contributed by atoms with van der Waals surface area (Å²) in [4.78, 5) is 14.1. The van der Waals surface area contributed by atoms with E-state index in [0.29, 0.717) is 0 Å². The minimum absolute atomic E-state index is 0.113. The Bertz CT molecular complexity index is 301. The molecule has 3 heteroatoms. The van der Waals surface area contributed by atoms with Crippen LogP contribution in [0.25, 0.3) is 0 Å². The molecule has 0 saturated heterocycles. The summed E-state index contributed by atoms with van der Waals surface area (Å²) in [6, 6.07) is 0. The molecule has 1 aromatic heterocycles. The summed E-state index contributed by atoms with van der Waals surface area (Å²) < 4.78 is 0.903. The van der Waals surface area contributed by atoms with Gasteiger partial charge in [0.15, 0.2) is 5.78 Å². The molecule has 60 valence electrons. The molecule has 0 aliphatic heterocycles. The number of carbonyl (C=O) groups is 1. The van der Waals surface area contributed by atoms with Gasteiger partial charge in [0.2, 0.25) is 0 Å². The first-order valence-corrected chi connectivity index (χ1v) is 4.19. The molecular formula is C8H10BrNO. The Morgan fingerprint density at radius 3 is 2.18 bits per heavy atom. The summed E-state index contributed by atoms with van der Waals surface area (Å²) in [5, 5.41) is 0. The Kier molecular flexibility index (Phi) is 2.18. The van der Waals surface area contributed by atoms with Crippen molar-refractivity contribution in [1.29, 1.82) is 0 Å². The van der Waals surface area contributed by atoms with Crippen LogP contribution in [0.2, 0.25) is 0 Å². The summed E-state index contributed by atoms with van der Waals surface area (Å²) in [5.41, 5.74) is 2.73. The van der Waals surface area contributed by atoms with Crippen LogP contribution >= 0.6 is 15.9 Å². The first kappa shape index (κ1) is 8.53. The smallest absolute Gasteiger partial charge is 0.161 e. The molecule has 0 aromatic carbocycles. The third kappa shape index (κ3) is 1.38. The van der Waals surface area contributed by atoms with Crippen LogP contribution < -0.4 is 0 Å². The van der Waals surface area contributed by atoms with Crippen LogP contribution in [-0.2, 0) is 0 Å². The van der Waals surface area contributed by atoms with Crippen LogP contribution in [0.5, 0.6) is 0 Å². The number of rotatable bonds is 1. The van der Waals surface area contributed by atoms with Crippen LogP contribution in [0, 0.1) is 13.8 Å². The van der Waals surface area contributed by atoms with Gasteiger partial charge < -0.3 is 4.98 Å². The minimum atomic E-state index is 0.113. The Labute approximate surface area is 74.1 Å². The van der Waals surface area contributed by atoms with Crippen LogP contribution in [-0.4, -0.2) is 10.8 Å². The van der Waals surface area contributed by atoms with Gasteiger partial charge in [-0.2, -0.15) is 0 Å². The number of halogens is 1. The van der Waals surface area contributed by atoms with Crippen molar-refractivity contribution in [3.8, 4) is 0 Å². The van der Waals surface area contributed by atoms with Crippen molar-refractivity contribution in [2.75, 3.05) is 0 Å². The van der Waals surface area contributed by atoms with Gasteiger partial charge in [-0.15, -0.1) is 0 Å². The molecule has 0 aliphatic rings. The second-order valence-corrected chi connectivity index (χ2v) is 3.41. The normalized spacial score (nSPS) is 10.2. The monoisotopic (exact) mass is 215 g/mol. The lowest BCUT2D eigenvalue weighted by atomic mass is 10.1. The van der Waals surface area contributed by atoms with Gasteiger partial charge >= 0.3 is 0 Å². The molecule has 0 saturated carbocycles. The van der Waals surface area contributed by atoms with E-state index in [1.807, 2.05) is 13.8 Å². The summed E-state index contributed by atoms with van der Waals surface area (Å²) in [7, 11) is 0. The van der Waals surface area contributed by atoms with Gasteiger partial charge in [0, 0.05) is 11.3 Å². The number of H-pyrrole nitrogens is 1. The Hall–Kier alpha value is -0.570. The van der Waals surface area contributed by atoms with Gasteiger partial charge in [-0.05, 0) is 42.3 Å². The van der Waals surface area contributed by atoms with Crippen LogP contribution in [0.1, 0.15) is 28.5 Å². The average molecular weight is 216 g/mol. The molecule has 0 amide bonds. The summed E-state index contributed by atoms with van der Waals surface area (Å²) in [5.74, 6) is 0.113. The number of ketones is 1. The number of hydrogen-bond acceptors (Lipinski definition) is 1. The lowest BCUT2D eigenvalue weighted by molar-refractivity contribution is 0.101. The maximum atomic E-state index is 11.1. The lowest BCUT2D eigenvalue weighted by Gasteiger charge is -1.93. The van der Waals surface area contributed by atoms with Gasteiger partial charge in [-0.3, -0.25) is 4.79 Å². The number of aromatic nitrogens is 1. The molecule has 0 fully saturated rings. The topological polar surface area (TPSA) is 32.9 Å². The molecule has 1 heterocycles. The first-order valence-electron chi connectivity index (χ1n) is 3.39. The lowest BCUT2D eigenvalue weighted by Crippen LogP contribution is -1.94. The minimum Gasteiger partial charge on any atom is -0.353 e. The van der Waals surface area contributed by atoms with Crippen molar-refractivity contribution >= 4 is 21.7 Å². The Balaban J connectivity index is 3.34. The molecule has 0 bridgehead atoms. The van der Waals surface area contributed by atoms with Gasteiger partial charge in [0.05, 0.1) is 4.60 Å². The van der Waals surface area contributed by atoms with Crippen molar-refractivity contribution in [2.24, 2.45) is 0 Å². The Morgan fingerprint density at radius 2 is 2.00 bits per heavy atom. The molecule has 0 aliphatic carbocycles. The van der Waals surface area contributed by atoms with E-state index in [1.54, 1.807) is 6.92 Å². The zero-order valence-electron chi connectivity index (χ0n) is 6.79. The quantitative estimate of drug-likeness (QED) is 0.719. The van der Waals surface area contributed by atoms with Gasteiger partial charge in [0.1, 0.15) is 0 Å². The fraction of sp³-hybridized carbons (Fsp3) is 0.375. The van der Waals surface area contributed by atoms with E-state index >= 15 is 0 Å². The standard InChI is InChI=1S/C8H10BrNO/c1-4-7(6(3)11)5(2)10-8(4)9/h10H,1-3H3. The first-order chi connectivity index (χ1) is 5.04. The predicted molar refractivity (Wildman–Crippen MR) is 48.0 cm³/mol. The molecule has 0 atom stereocenters. The number of nitrogens with one attached hydrogen (secondary N) is 1. The molecule has 1 N–H and O–H groups in total. The second-order valence-electron chi connectivity index (χ2n) is 2.62. The van der Waals surface area contributed by atoms with Crippen molar-refractivity contribution in [3.63, 3.8) is 0 Å². The van der Waals surface area contributed by atoms with E-state index in [-0.39, 0.29) is 5.78 Å². The van der Waals surface area contributed by atoms with Crippen LogP contribution in [0.4, 0.5) is 0 Å². The average Bonchev–Trinajstić information content (AvgIpc) is 2.07. The summed E-state index contributed by atoms with van der Waals surface area (Å²) in [6.45, 7) is 5.40. The Morgan fingerprint density at radius 1 is 1.45 bits per heavy atom. The fourth-order valence-corrected chi connectivity index (χ4v) is 1.74. The van der Waals surface area contributed by atoms with E-state index in [0.717, 1.165) is 21.4 Å². The number of aromatic amines is 1. The fourth-order valence-electron chi connectivity index (χ4n) is 1.24. The molecule has 1 aromatic rings. The molecule has 0 spiro atoms. The van der Waals surface area contributed by atoms with E-state index in [4.69, 9.17) is 0 Å². The number of aryl methyl sites for hydroxylation is 1. The van der Waals surface area contributed by atoms with Gasteiger partial charge in [-0.25, -0.2) is 0 Å². The highest BCUT2D eigenvalue weighted by Gasteiger charge is 2.12. The zero-order chi connectivity index (χ0) is 8.59. The molecule has 1 rings (SSSR count). The summed E-state index contributed by atoms with van der Waals surface area (Å²) in [6.07, 6.45) is 0. The highest BCUT2D eigenvalue weighted by Crippen LogP contribution is 2.22. The predicted octanol–water partition coefficient (Wildman–Crippen LogP) is 2.60. The van der Waals surface area contributed by atoms with Crippen molar-refractivity contribution in [3.05, 3.63) is 21.4 Å². The third-order valence-corrected chi connectivity index (χ3v) is 2.52. The molecular weight excluding hydrogens is 206 g/mol. The van der Waals surface area contributed by atoms with Gasteiger partial charge in [-0.1, -0.05) is 0 Å². The van der Waals surface area contributed by atoms with Crippen LogP contribution in [0.15, 0.2) is 4.60 Å². The van der Waals surface area contributed by atoms with Crippen molar-refractivity contribution in [2.45, 2.75) is 20.8 Å². The zero-order valence-corrected chi connectivity index (χ0v) is 8.37. The molecule has 0 radical (unpaired) electrons. The van der Waals surface area contributed by atoms with Gasteiger partial charge in [0.25, 0.3) is 0 Å². The number of Topliss-reactive ketones (excluding diaryl/α,β-unsaturated/α-hetero) is 1. The van der Waals surface area contributed by atoms with E-state index in [2.05, 4.69) is 20.9 Å². The van der Waals surface area contributed by atoms with E-state index in [9.17, 15) is 4.79 Å². The highest BCUT2D eigenvalue weighted by atomic mass is 79.9. The molecule has 2 nitrogen and oxygen atoms in total. The molecule has 0 unspecified atom stereocenters. The summed E-state index contributed by atoms with van der Waals surface area (Å²) >= 11 is 3.33. The van der Waals surface area contributed by atoms with Crippen molar-refractivity contribution < 1.29 is 4.79 Å². The SMILES string of the molecule is CC(=O)c1c(C)[nH]c(Br)c1C. The largest absolute Gasteiger partial charge is 0.353 e. The second kappa shape index (κ2) is 2.81. The third-order valence-electron chi connectivity index (χ3n) is 1.73. The number of carbonyl (C=O) groups excluding carboxylic acids is 1.